The van der Waals surface area contributed by atoms with Gasteiger partial charge in [0, 0.05) is 17.6 Å². The number of hydrogen-bond acceptors (Lipinski definition) is 3. The van der Waals surface area contributed by atoms with Crippen molar-refractivity contribution in [3.63, 3.8) is 0 Å². The zero-order valence-corrected chi connectivity index (χ0v) is 15.5. The Kier molecular flexibility index (Phi) is 4.76. The molecular weight excluding hydrogens is 320 g/mol. The van der Waals surface area contributed by atoms with Crippen LogP contribution in [0.25, 0.3) is 0 Å². The van der Waals surface area contributed by atoms with Crippen LogP contribution in [0.3, 0.4) is 0 Å². The van der Waals surface area contributed by atoms with Crippen molar-refractivity contribution in [2.75, 3.05) is 11.9 Å². The molecule has 0 radical (unpaired) electrons. The van der Waals surface area contributed by atoms with Crippen molar-refractivity contribution in [2.24, 2.45) is 5.73 Å². The molecule has 1 saturated carbocycles. The zero-order valence-electron chi connectivity index (χ0n) is 15.5. The maximum Gasteiger partial charge on any atom is 0.0747 e. The van der Waals surface area contributed by atoms with Crippen LogP contribution in [0.4, 0.5) is 5.69 Å². The fourth-order valence-corrected chi connectivity index (χ4v) is 5.30. The third-order valence-electron chi connectivity index (χ3n) is 6.68. The van der Waals surface area contributed by atoms with Crippen molar-refractivity contribution in [3.05, 3.63) is 65.2 Å². The van der Waals surface area contributed by atoms with Crippen LogP contribution in [0.2, 0.25) is 0 Å². The van der Waals surface area contributed by atoms with Crippen LogP contribution in [-0.4, -0.2) is 17.3 Å². The highest BCUT2D eigenvalue weighted by atomic mass is 16.3. The molecule has 4 N–H and O–H groups in total. The van der Waals surface area contributed by atoms with E-state index < -0.39 is 5.60 Å². The van der Waals surface area contributed by atoms with E-state index in [-0.39, 0.29) is 5.41 Å². The summed E-state index contributed by atoms with van der Waals surface area (Å²) in [6.45, 7) is 1.44. The van der Waals surface area contributed by atoms with E-state index in [2.05, 4.69) is 47.8 Å². The topological polar surface area (TPSA) is 58.3 Å². The summed E-state index contributed by atoms with van der Waals surface area (Å²) >= 11 is 0. The monoisotopic (exact) mass is 350 g/mol. The number of rotatable bonds is 5. The molecule has 2 unspecified atom stereocenters. The normalized spacial score (nSPS) is 27.5. The number of hydrogen-bond donors (Lipinski definition) is 3. The molecule has 1 fully saturated rings. The van der Waals surface area contributed by atoms with Gasteiger partial charge >= 0.3 is 0 Å². The van der Waals surface area contributed by atoms with Gasteiger partial charge in [0.05, 0.1) is 5.60 Å². The second kappa shape index (κ2) is 7.05. The van der Waals surface area contributed by atoms with Gasteiger partial charge in [-0.05, 0) is 67.5 Å². The van der Waals surface area contributed by atoms with Crippen molar-refractivity contribution >= 4 is 5.69 Å². The predicted octanol–water partition coefficient (Wildman–Crippen LogP) is 4.14. The summed E-state index contributed by atoms with van der Waals surface area (Å²) < 4.78 is 0. The van der Waals surface area contributed by atoms with E-state index in [1.54, 1.807) is 0 Å². The van der Waals surface area contributed by atoms with Gasteiger partial charge in [-0.25, -0.2) is 0 Å². The van der Waals surface area contributed by atoms with Crippen molar-refractivity contribution in [2.45, 2.75) is 62.5 Å². The van der Waals surface area contributed by atoms with Crippen molar-refractivity contribution in [1.29, 1.82) is 0 Å². The fourth-order valence-electron chi connectivity index (χ4n) is 5.30. The Bertz CT molecular complexity index is 756. The molecule has 2 aromatic rings. The fraction of sp³-hybridized carbons (Fsp3) is 0.478. The molecule has 3 heteroatoms. The minimum absolute atomic E-state index is 0.169. The molecular formula is C23H30N2O. The molecule has 4 rings (SSSR count). The Morgan fingerprint density at radius 1 is 1.00 bits per heavy atom. The van der Waals surface area contributed by atoms with E-state index in [1.807, 2.05) is 6.07 Å². The summed E-state index contributed by atoms with van der Waals surface area (Å²) in [5.41, 5.74) is 10.4. The minimum Gasteiger partial charge on any atom is -0.389 e. The highest BCUT2D eigenvalue weighted by molar-refractivity contribution is 5.54. The highest BCUT2D eigenvalue weighted by Gasteiger charge is 2.54. The van der Waals surface area contributed by atoms with E-state index in [0.29, 0.717) is 6.54 Å². The Morgan fingerprint density at radius 3 is 2.62 bits per heavy atom. The molecule has 2 aromatic carbocycles. The first-order valence-electron chi connectivity index (χ1n) is 10.0. The summed E-state index contributed by atoms with van der Waals surface area (Å²) in [6, 6.07) is 17.2. The smallest absolute Gasteiger partial charge is 0.0747 e. The van der Waals surface area contributed by atoms with Gasteiger partial charge in [-0.2, -0.15) is 0 Å². The lowest BCUT2D eigenvalue weighted by molar-refractivity contribution is -0.0861. The van der Waals surface area contributed by atoms with Crippen LogP contribution in [0, 0.1) is 0 Å². The van der Waals surface area contributed by atoms with Gasteiger partial charge < -0.3 is 16.2 Å². The van der Waals surface area contributed by atoms with Crippen molar-refractivity contribution < 1.29 is 5.11 Å². The summed E-state index contributed by atoms with van der Waals surface area (Å²) in [4.78, 5) is 0. The standard InChI is InChI=1S/C23H30N2O/c24-15-14-22-11-4-5-12-23(22,26)13-10-19-8-9-20(16-21(19)22)25-17-18-6-2-1-3-7-18/h1-3,6-9,16,25-26H,4-5,10-15,17,24H2. The van der Waals surface area contributed by atoms with Crippen LogP contribution in [0.5, 0.6) is 0 Å². The Labute approximate surface area is 156 Å². The zero-order chi connectivity index (χ0) is 18.0. The summed E-state index contributed by atoms with van der Waals surface area (Å²) in [7, 11) is 0. The van der Waals surface area contributed by atoms with Gasteiger partial charge in [-0.3, -0.25) is 0 Å². The molecule has 3 nitrogen and oxygen atoms in total. The number of nitrogens with one attached hydrogen (secondary N) is 1. The summed E-state index contributed by atoms with van der Waals surface area (Å²) in [5.74, 6) is 0. The van der Waals surface area contributed by atoms with Crippen molar-refractivity contribution in [1.82, 2.24) is 0 Å². The number of fused-ring (bicyclic) bond motifs is 3. The molecule has 0 aromatic heterocycles. The Hall–Kier alpha value is -1.84. The molecule has 2 aliphatic rings. The molecule has 0 aliphatic heterocycles. The summed E-state index contributed by atoms with van der Waals surface area (Å²) in [5, 5.41) is 15.1. The van der Waals surface area contributed by atoms with Crippen LogP contribution in [0.1, 0.15) is 55.2 Å². The number of aliphatic hydroxyl groups is 1. The molecule has 0 bridgehead atoms. The molecule has 2 aliphatic carbocycles. The first-order chi connectivity index (χ1) is 12.7. The van der Waals surface area contributed by atoms with Crippen LogP contribution >= 0.6 is 0 Å². The number of nitrogens with two attached hydrogens (primary N) is 1. The number of aryl methyl sites for hydroxylation is 1. The first kappa shape index (κ1) is 17.6. The van der Waals surface area contributed by atoms with E-state index in [1.165, 1.54) is 23.1 Å². The van der Waals surface area contributed by atoms with Gasteiger partial charge in [0.15, 0.2) is 0 Å². The lowest BCUT2D eigenvalue weighted by Crippen LogP contribution is -2.57. The quantitative estimate of drug-likeness (QED) is 0.760. The average molecular weight is 351 g/mol. The minimum atomic E-state index is -0.588. The second-order valence-corrected chi connectivity index (χ2v) is 8.07. The van der Waals surface area contributed by atoms with Crippen LogP contribution in [-0.2, 0) is 18.4 Å². The second-order valence-electron chi connectivity index (χ2n) is 8.07. The number of anilines is 1. The first-order valence-corrected chi connectivity index (χ1v) is 10.0. The predicted molar refractivity (Wildman–Crippen MR) is 107 cm³/mol. The number of benzene rings is 2. The maximum atomic E-state index is 11.5. The molecule has 0 amide bonds. The van der Waals surface area contributed by atoms with E-state index >= 15 is 0 Å². The van der Waals surface area contributed by atoms with Gasteiger partial charge in [-0.1, -0.05) is 49.2 Å². The van der Waals surface area contributed by atoms with Gasteiger partial charge in [0.2, 0.25) is 0 Å². The SMILES string of the molecule is NCCC12CCCCC1(O)CCc1ccc(NCc3ccccc3)cc12. The van der Waals surface area contributed by atoms with Crippen molar-refractivity contribution in [3.8, 4) is 0 Å². The maximum absolute atomic E-state index is 11.5. The van der Waals surface area contributed by atoms with Gasteiger partial charge in [-0.15, -0.1) is 0 Å². The molecule has 0 spiro atoms. The van der Waals surface area contributed by atoms with E-state index in [9.17, 15) is 5.11 Å². The van der Waals surface area contributed by atoms with E-state index in [4.69, 9.17) is 5.73 Å². The molecule has 138 valence electrons. The molecule has 26 heavy (non-hydrogen) atoms. The molecule has 0 saturated heterocycles. The molecule has 2 atom stereocenters. The Balaban J connectivity index is 1.66. The Morgan fingerprint density at radius 2 is 1.81 bits per heavy atom. The van der Waals surface area contributed by atoms with E-state index in [0.717, 1.165) is 50.8 Å². The highest BCUT2D eigenvalue weighted by Crippen LogP contribution is 2.54. The van der Waals surface area contributed by atoms with Gasteiger partial charge in [0.1, 0.15) is 0 Å². The third-order valence-corrected chi connectivity index (χ3v) is 6.68. The van der Waals surface area contributed by atoms with Crippen LogP contribution < -0.4 is 11.1 Å². The third kappa shape index (κ3) is 2.93. The molecule has 0 heterocycles. The lowest BCUT2D eigenvalue weighted by Gasteiger charge is -2.55. The largest absolute Gasteiger partial charge is 0.389 e. The van der Waals surface area contributed by atoms with Crippen LogP contribution in [0.15, 0.2) is 48.5 Å². The summed E-state index contributed by atoms with van der Waals surface area (Å²) in [6.07, 6.45) is 6.99. The average Bonchev–Trinajstić information content (AvgIpc) is 2.68. The lowest BCUT2D eigenvalue weighted by atomic mass is 9.53. The van der Waals surface area contributed by atoms with Gasteiger partial charge in [0.25, 0.3) is 0 Å².